The summed E-state index contributed by atoms with van der Waals surface area (Å²) in [7, 11) is 0. The Morgan fingerprint density at radius 1 is 1.26 bits per heavy atom. The quantitative estimate of drug-likeness (QED) is 0.823. The zero-order chi connectivity index (χ0) is 16.7. The zero-order valence-electron chi connectivity index (χ0n) is 13.5. The smallest absolute Gasteiger partial charge is 0.252 e. The third-order valence-electron chi connectivity index (χ3n) is 3.67. The molecule has 1 unspecified atom stereocenters. The minimum atomic E-state index is -0.246. The van der Waals surface area contributed by atoms with Crippen molar-refractivity contribution in [3.05, 3.63) is 59.5 Å². The van der Waals surface area contributed by atoms with Crippen molar-refractivity contribution in [2.45, 2.75) is 32.7 Å². The van der Waals surface area contributed by atoms with Crippen molar-refractivity contribution in [1.29, 1.82) is 0 Å². The Labute approximate surface area is 136 Å². The minimum Gasteiger partial charge on any atom is -0.368 e. The number of anilines is 1. The molecule has 1 heterocycles. The molecular weight excluding hydrogens is 293 g/mol. The number of aromatic nitrogens is 1. The molecule has 4 nitrogen and oxygen atoms in total. The average Bonchev–Trinajstić information content (AvgIpc) is 2.57. The van der Waals surface area contributed by atoms with Crippen LogP contribution < -0.4 is 10.6 Å². The molecule has 0 fully saturated rings. The average molecular weight is 315 g/mol. The lowest BCUT2D eigenvalue weighted by molar-refractivity contribution is 0.0953. The van der Waals surface area contributed by atoms with Crippen LogP contribution in [0.25, 0.3) is 0 Å². The van der Waals surface area contributed by atoms with E-state index >= 15 is 0 Å². The molecule has 0 bridgehead atoms. The van der Waals surface area contributed by atoms with Gasteiger partial charge >= 0.3 is 0 Å². The highest BCUT2D eigenvalue weighted by Gasteiger charge is 2.07. The maximum Gasteiger partial charge on any atom is 0.252 e. The molecular formula is C18H22FN3O. The number of nitrogens with zero attached hydrogens (tertiary/aromatic N) is 1. The number of benzene rings is 1. The topological polar surface area (TPSA) is 54.0 Å². The second-order valence-corrected chi connectivity index (χ2v) is 5.48. The van der Waals surface area contributed by atoms with Crippen LogP contribution in [0.1, 0.15) is 36.2 Å². The maximum atomic E-state index is 13.5. The van der Waals surface area contributed by atoms with E-state index in [4.69, 9.17) is 0 Å². The zero-order valence-corrected chi connectivity index (χ0v) is 13.5. The largest absolute Gasteiger partial charge is 0.368 e. The summed E-state index contributed by atoms with van der Waals surface area (Å²) in [5.41, 5.74) is 1.09. The Hall–Kier alpha value is -2.43. The van der Waals surface area contributed by atoms with E-state index in [0.717, 1.165) is 12.2 Å². The van der Waals surface area contributed by atoms with E-state index in [1.165, 1.54) is 6.07 Å². The molecule has 0 aliphatic heterocycles. The lowest BCUT2D eigenvalue weighted by Crippen LogP contribution is -2.26. The van der Waals surface area contributed by atoms with E-state index in [2.05, 4.69) is 29.5 Å². The summed E-state index contributed by atoms with van der Waals surface area (Å²) in [5.74, 6) is 0.301. The highest BCUT2D eigenvalue weighted by atomic mass is 19.1. The normalized spacial score (nSPS) is 11.8. The standard InChI is InChI=1S/C18H22FN3O/c1-3-13(2)22-17-9-8-15(12-21-17)18(23)20-11-10-14-6-4-5-7-16(14)19/h4-9,12-13H,3,10-11H2,1-2H3,(H,20,23)(H,21,22). The van der Waals surface area contributed by atoms with E-state index in [9.17, 15) is 9.18 Å². The van der Waals surface area contributed by atoms with Crippen molar-refractivity contribution < 1.29 is 9.18 Å². The molecule has 0 radical (unpaired) electrons. The number of halogens is 1. The van der Waals surface area contributed by atoms with Crippen LogP contribution in [0.15, 0.2) is 42.6 Å². The molecule has 2 N–H and O–H groups in total. The summed E-state index contributed by atoms with van der Waals surface area (Å²) in [6.45, 7) is 4.55. The first-order valence-electron chi connectivity index (χ1n) is 7.84. The van der Waals surface area contributed by atoms with Gasteiger partial charge in [0, 0.05) is 18.8 Å². The summed E-state index contributed by atoms with van der Waals surface area (Å²) in [6.07, 6.45) is 3.00. The number of hydrogen-bond acceptors (Lipinski definition) is 3. The molecule has 0 saturated carbocycles. The van der Waals surface area contributed by atoms with Gasteiger partial charge in [0.25, 0.3) is 5.91 Å². The molecule has 2 rings (SSSR count). The first kappa shape index (κ1) is 16.9. The molecule has 5 heteroatoms. The number of amides is 1. The molecule has 1 aromatic carbocycles. The monoisotopic (exact) mass is 315 g/mol. The van der Waals surface area contributed by atoms with E-state index in [-0.39, 0.29) is 11.7 Å². The Morgan fingerprint density at radius 3 is 2.70 bits per heavy atom. The summed E-state index contributed by atoms with van der Waals surface area (Å²) in [5, 5.41) is 6.02. The highest BCUT2D eigenvalue weighted by molar-refractivity contribution is 5.94. The van der Waals surface area contributed by atoms with E-state index in [0.29, 0.717) is 30.1 Å². The number of pyridine rings is 1. The van der Waals surface area contributed by atoms with Crippen molar-refractivity contribution in [1.82, 2.24) is 10.3 Å². The van der Waals surface area contributed by atoms with Gasteiger partial charge in [-0.15, -0.1) is 0 Å². The minimum absolute atomic E-state index is 0.205. The van der Waals surface area contributed by atoms with E-state index in [1.807, 2.05) is 0 Å². The molecule has 1 aromatic heterocycles. The summed E-state index contributed by atoms with van der Waals surface area (Å²) >= 11 is 0. The maximum absolute atomic E-state index is 13.5. The van der Waals surface area contributed by atoms with Crippen molar-refractivity contribution in [2.75, 3.05) is 11.9 Å². The van der Waals surface area contributed by atoms with Gasteiger partial charge in [0.15, 0.2) is 0 Å². The second-order valence-electron chi connectivity index (χ2n) is 5.48. The van der Waals surface area contributed by atoms with Gasteiger partial charge in [-0.1, -0.05) is 25.1 Å². The highest BCUT2D eigenvalue weighted by Crippen LogP contribution is 2.09. The SMILES string of the molecule is CCC(C)Nc1ccc(C(=O)NCCc2ccccc2F)cn1. The number of carbonyl (C=O) groups excluding carboxylic acids is 1. The second kappa shape index (κ2) is 8.27. The molecule has 0 aliphatic rings. The predicted molar refractivity (Wildman–Crippen MR) is 90.0 cm³/mol. The lowest BCUT2D eigenvalue weighted by atomic mass is 10.1. The van der Waals surface area contributed by atoms with Crippen LogP contribution in [-0.2, 0) is 6.42 Å². The molecule has 1 atom stereocenters. The fourth-order valence-electron chi connectivity index (χ4n) is 2.08. The number of rotatable bonds is 7. The Bertz CT molecular complexity index is 643. The molecule has 2 aromatic rings. The van der Waals surface area contributed by atoms with Crippen molar-refractivity contribution >= 4 is 11.7 Å². The van der Waals surface area contributed by atoms with Gasteiger partial charge in [-0.3, -0.25) is 4.79 Å². The van der Waals surface area contributed by atoms with Crippen molar-refractivity contribution in [3.8, 4) is 0 Å². The third kappa shape index (κ3) is 5.06. The van der Waals surface area contributed by atoms with Crippen LogP contribution >= 0.6 is 0 Å². The fourth-order valence-corrected chi connectivity index (χ4v) is 2.08. The Kier molecular flexibility index (Phi) is 6.09. The lowest BCUT2D eigenvalue weighted by Gasteiger charge is -2.12. The van der Waals surface area contributed by atoms with Gasteiger partial charge in [-0.2, -0.15) is 0 Å². The molecule has 0 aliphatic carbocycles. The van der Waals surface area contributed by atoms with Crippen LogP contribution in [-0.4, -0.2) is 23.5 Å². The molecule has 122 valence electrons. The summed E-state index contributed by atoms with van der Waals surface area (Å²) in [6, 6.07) is 10.4. The number of nitrogens with one attached hydrogen (secondary N) is 2. The van der Waals surface area contributed by atoms with Crippen LogP contribution in [0.2, 0.25) is 0 Å². The molecule has 0 spiro atoms. The van der Waals surface area contributed by atoms with Gasteiger partial charge < -0.3 is 10.6 Å². The first-order valence-corrected chi connectivity index (χ1v) is 7.84. The van der Waals surface area contributed by atoms with Crippen molar-refractivity contribution in [2.24, 2.45) is 0 Å². The third-order valence-corrected chi connectivity index (χ3v) is 3.67. The van der Waals surface area contributed by atoms with E-state index < -0.39 is 0 Å². The predicted octanol–water partition coefficient (Wildman–Crippen LogP) is 3.40. The Morgan fingerprint density at radius 2 is 2.04 bits per heavy atom. The molecule has 0 saturated heterocycles. The van der Waals surface area contributed by atoms with Crippen LogP contribution in [0.4, 0.5) is 10.2 Å². The van der Waals surface area contributed by atoms with Gasteiger partial charge in [-0.05, 0) is 43.5 Å². The molecule has 23 heavy (non-hydrogen) atoms. The summed E-state index contributed by atoms with van der Waals surface area (Å²) < 4.78 is 13.5. The van der Waals surface area contributed by atoms with Crippen LogP contribution in [0.3, 0.4) is 0 Å². The van der Waals surface area contributed by atoms with Gasteiger partial charge in [0.2, 0.25) is 0 Å². The van der Waals surface area contributed by atoms with Crippen molar-refractivity contribution in [3.63, 3.8) is 0 Å². The Balaban J connectivity index is 1.85. The van der Waals surface area contributed by atoms with Crippen LogP contribution in [0.5, 0.6) is 0 Å². The number of carbonyl (C=O) groups is 1. The van der Waals surface area contributed by atoms with Gasteiger partial charge in [0.05, 0.1) is 5.56 Å². The van der Waals surface area contributed by atoms with Crippen LogP contribution in [0, 0.1) is 5.82 Å². The summed E-state index contributed by atoms with van der Waals surface area (Å²) in [4.78, 5) is 16.3. The number of hydrogen-bond donors (Lipinski definition) is 2. The molecule has 1 amide bonds. The van der Waals surface area contributed by atoms with Gasteiger partial charge in [0.1, 0.15) is 11.6 Å². The fraction of sp³-hybridized carbons (Fsp3) is 0.333. The van der Waals surface area contributed by atoms with Gasteiger partial charge in [-0.25, -0.2) is 9.37 Å². The first-order chi connectivity index (χ1) is 11.1. The van der Waals surface area contributed by atoms with E-state index in [1.54, 1.807) is 36.5 Å².